The summed E-state index contributed by atoms with van der Waals surface area (Å²) < 4.78 is 29.4. The van der Waals surface area contributed by atoms with Crippen LogP contribution in [0.15, 0.2) is 0 Å². The highest BCUT2D eigenvalue weighted by atomic mass is 32.2. The molecule has 76 valence electrons. The van der Waals surface area contributed by atoms with Crippen LogP contribution in [0.1, 0.15) is 33.1 Å². The second-order valence-electron chi connectivity index (χ2n) is 3.16. The lowest BCUT2D eigenvalue weighted by Crippen LogP contribution is -2.11. The van der Waals surface area contributed by atoms with E-state index in [2.05, 4.69) is 11.8 Å². The Bertz CT molecular complexity index is 282. The lowest BCUT2D eigenvalue weighted by atomic mass is 10.1. The summed E-state index contributed by atoms with van der Waals surface area (Å²) in [7, 11) is -3.83. The molecule has 1 unspecified atom stereocenters. The molecule has 4 heteroatoms. The molecule has 0 aliphatic heterocycles. The maximum atomic E-state index is 10.4. The van der Waals surface area contributed by atoms with E-state index in [1.54, 1.807) is 6.92 Å². The first-order valence-corrected chi connectivity index (χ1v) is 5.97. The van der Waals surface area contributed by atoms with Gasteiger partial charge in [0.05, 0.1) is 5.75 Å². The predicted octanol–water partition coefficient (Wildman–Crippen LogP) is 1.70. The van der Waals surface area contributed by atoms with Crippen LogP contribution in [0, 0.1) is 17.8 Å². The van der Waals surface area contributed by atoms with Crippen LogP contribution in [0.25, 0.3) is 0 Å². The summed E-state index contributed by atoms with van der Waals surface area (Å²) in [5.74, 6) is 5.51. The van der Waals surface area contributed by atoms with Crippen molar-refractivity contribution in [3.8, 4) is 11.8 Å². The van der Waals surface area contributed by atoms with E-state index in [-0.39, 0.29) is 11.7 Å². The second-order valence-corrected chi connectivity index (χ2v) is 4.66. The lowest BCUT2D eigenvalue weighted by Gasteiger charge is -2.02. The van der Waals surface area contributed by atoms with Gasteiger partial charge in [-0.1, -0.05) is 13.8 Å². The van der Waals surface area contributed by atoms with Gasteiger partial charge in [-0.25, -0.2) is 0 Å². The van der Waals surface area contributed by atoms with E-state index in [9.17, 15) is 8.42 Å². The SMILES string of the molecule is CCCC#CCC(C)CS(=O)(=O)O. The molecule has 0 amide bonds. The van der Waals surface area contributed by atoms with Crippen molar-refractivity contribution in [1.29, 1.82) is 0 Å². The van der Waals surface area contributed by atoms with E-state index < -0.39 is 10.1 Å². The van der Waals surface area contributed by atoms with Crippen LogP contribution in [0.2, 0.25) is 0 Å². The smallest absolute Gasteiger partial charge is 0.265 e. The quantitative estimate of drug-likeness (QED) is 0.560. The fourth-order valence-corrected chi connectivity index (χ4v) is 1.72. The Morgan fingerprint density at radius 3 is 2.46 bits per heavy atom. The molecule has 0 bridgehead atoms. The Morgan fingerprint density at radius 1 is 1.38 bits per heavy atom. The average Bonchev–Trinajstić information content (AvgIpc) is 1.94. The first-order valence-electron chi connectivity index (χ1n) is 4.36. The second kappa shape index (κ2) is 6.01. The molecule has 0 saturated carbocycles. The van der Waals surface area contributed by atoms with Crippen molar-refractivity contribution in [2.45, 2.75) is 33.1 Å². The van der Waals surface area contributed by atoms with Gasteiger partial charge in [0.15, 0.2) is 0 Å². The maximum Gasteiger partial charge on any atom is 0.265 e. The molecule has 0 aliphatic carbocycles. The molecule has 0 saturated heterocycles. The number of hydrogen-bond acceptors (Lipinski definition) is 2. The Balaban J connectivity index is 3.78. The van der Waals surface area contributed by atoms with Crippen molar-refractivity contribution in [2.24, 2.45) is 5.92 Å². The molecular formula is C9H16O3S. The molecule has 0 aliphatic rings. The Morgan fingerprint density at radius 2 is 2.00 bits per heavy atom. The fourth-order valence-electron chi connectivity index (χ4n) is 0.878. The highest BCUT2D eigenvalue weighted by molar-refractivity contribution is 7.85. The van der Waals surface area contributed by atoms with Crippen LogP contribution >= 0.6 is 0 Å². The van der Waals surface area contributed by atoms with Gasteiger partial charge in [-0.2, -0.15) is 8.42 Å². The van der Waals surface area contributed by atoms with Crippen molar-refractivity contribution in [2.75, 3.05) is 5.75 Å². The van der Waals surface area contributed by atoms with Crippen molar-refractivity contribution in [1.82, 2.24) is 0 Å². The fraction of sp³-hybridized carbons (Fsp3) is 0.778. The van der Waals surface area contributed by atoms with E-state index >= 15 is 0 Å². The first kappa shape index (κ1) is 12.5. The molecule has 0 radical (unpaired) electrons. The van der Waals surface area contributed by atoms with Gasteiger partial charge in [0.1, 0.15) is 0 Å². The summed E-state index contributed by atoms with van der Waals surface area (Å²) in [6.45, 7) is 3.80. The number of rotatable bonds is 4. The van der Waals surface area contributed by atoms with E-state index in [0.717, 1.165) is 12.8 Å². The molecule has 0 spiro atoms. The van der Waals surface area contributed by atoms with Crippen molar-refractivity contribution >= 4 is 10.1 Å². The van der Waals surface area contributed by atoms with Crippen LogP contribution < -0.4 is 0 Å². The van der Waals surface area contributed by atoms with Crippen LogP contribution in [-0.2, 0) is 10.1 Å². The minimum absolute atomic E-state index is 0.0978. The largest absolute Gasteiger partial charge is 0.286 e. The zero-order chi connectivity index (χ0) is 10.3. The van der Waals surface area contributed by atoms with Gasteiger partial charge in [0.25, 0.3) is 10.1 Å². The molecule has 3 nitrogen and oxygen atoms in total. The van der Waals surface area contributed by atoms with Gasteiger partial charge in [0.2, 0.25) is 0 Å². The number of hydrogen-bond donors (Lipinski definition) is 1. The first-order chi connectivity index (χ1) is 5.95. The molecule has 0 rings (SSSR count). The Labute approximate surface area is 80.3 Å². The Kier molecular flexibility index (Phi) is 5.76. The standard InChI is InChI=1S/C9H16O3S/c1-3-4-5-6-7-9(2)8-13(10,11)12/h9H,3-4,7-8H2,1-2H3,(H,10,11,12). The van der Waals surface area contributed by atoms with Gasteiger partial charge in [-0.15, -0.1) is 11.8 Å². The topological polar surface area (TPSA) is 54.4 Å². The van der Waals surface area contributed by atoms with E-state index in [1.165, 1.54) is 0 Å². The molecule has 0 fully saturated rings. The Hall–Kier alpha value is -0.530. The third kappa shape index (κ3) is 9.38. The van der Waals surface area contributed by atoms with Gasteiger partial charge in [-0.05, 0) is 12.3 Å². The van der Waals surface area contributed by atoms with Crippen molar-refractivity contribution in [3.63, 3.8) is 0 Å². The molecule has 0 aromatic heterocycles. The molecule has 1 N–H and O–H groups in total. The van der Waals surface area contributed by atoms with E-state index in [4.69, 9.17) is 4.55 Å². The highest BCUT2D eigenvalue weighted by Crippen LogP contribution is 2.03. The third-order valence-corrected chi connectivity index (χ3v) is 2.44. The zero-order valence-electron chi connectivity index (χ0n) is 8.08. The van der Waals surface area contributed by atoms with Crippen LogP contribution in [-0.4, -0.2) is 18.7 Å². The highest BCUT2D eigenvalue weighted by Gasteiger charge is 2.10. The van der Waals surface area contributed by atoms with Crippen LogP contribution in [0.5, 0.6) is 0 Å². The monoisotopic (exact) mass is 204 g/mol. The summed E-state index contributed by atoms with van der Waals surface area (Å²) >= 11 is 0. The van der Waals surface area contributed by atoms with Crippen molar-refractivity contribution < 1.29 is 13.0 Å². The molecule has 1 atom stereocenters. The molecule has 13 heavy (non-hydrogen) atoms. The molecule has 0 heterocycles. The summed E-state index contributed by atoms with van der Waals surface area (Å²) in [5, 5.41) is 0. The third-order valence-electron chi connectivity index (χ3n) is 1.45. The van der Waals surface area contributed by atoms with Crippen LogP contribution in [0.3, 0.4) is 0 Å². The van der Waals surface area contributed by atoms with Gasteiger partial charge in [0, 0.05) is 12.8 Å². The molecular weight excluding hydrogens is 188 g/mol. The van der Waals surface area contributed by atoms with Gasteiger partial charge >= 0.3 is 0 Å². The van der Waals surface area contributed by atoms with Crippen LogP contribution in [0.4, 0.5) is 0 Å². The van der Waals surface area contributed by atoms with Gasteiger partial charge in [-0.3, -0.25) is 4.55 Å². The summed E-state index contributed by atoms with van der Waals surface area (Å²) in [6.07, 6.45) is 2.39. The van der Waals surface area contributed by atoms with E-state index in [0.29, 0.717) is 6.42 Å². The summed E-state index contributed by atoms with van der Waals surface area (Å²) in [4.78, 5) is 0. The van der Waals surface area contributed by atoms with Gasteiger partial charge < -0.3 is 0 Å². The molecule has 0 aromatic carbocycles. The maximum absolute atomic E-state index is 10.4. The van der Waals surface area contributed by atoms with Crippen molar-refractivity contribution in [3.05, 3.63) is 0 Å². The minimum Gasteiger partial charge on any atom is -0.286 e. The summed E-state index contributed by atoms with van der Waals surface area (Å²) in [6, 6.07) is 0. The average molecular weight is 204 g/mol. The number of unbranched alkanes of at least 4 members (excludes halogenated alkanes) is 1. The zero-order valence-corrected chi connectivity index (χ0v) is 8.89. The lowest BCUT2D eigenvalue weighted by molar-refractivity contribution is 0.470. The minimum atomic E-state index is -3.83. The normalized spacial score (nSPS) is 13.2. The molecule has 0 aromatic rings. The van der Waals surface area contributed by atoms with E-state index in [1.807, 2.05) is 6.92 Å². The predicted molar refractivity (Wildman–Crippen MR) is 52.9 cm³/mol. The summed E-state index contributed by atoms with van der Waals surface area (Å²) in [5.41, 5.74) is 0.